The highest BCUT2D eigenvalue weighted by molar-refractivity contribution is 6.31. The van der Waals surface area contributed by atoms with E-state index in [1.54, 1.807) is 13.2 Å². The lowest BCUT2D eigenvalue weighted by Gasteiger charge is -2.20. The fraction of sp³-hybridized carbons (Fsp3) is 0.250. The Balaban J connectivity index is 1.92. The van der Waals surface area contributed by atoms with E-state index in [0.717, 1.165) is 22.6 Å². The van der Waals surface area contributed by atoms with Crippen molar-refractivity contribution in [2.45, 2.75) is 12.0 Å². The molecule has 1 heterocycles. The van der Waals surface area contributed by atoms with Crippen LogP contribution in [0, 0.1) is 0 Å². The minimum Gasteiger partial charge on any atom is -0.497 e. The van der Waals surface area contributed by atoms with E-state index in [-0.39, 0.29) is 12.0 Å². The van der Waals surface area contributed by atoms with E-state index in [4.69, 9.17) is 26.8 Å². The molecule has 0 aliphatic carbocycles. The third-order valence-electron chi connectivity index (χ3n) is 3.74. The monoisotopic (exact) mass is 289 g/mol. The van der Waals surface area contributed by atoms with Crippen molar-refractivity contribution < 1.29 is 9.47 Å². The lowest BCUT2D eigenvalue weighted by atomic mass is 9.89. The van der Waals surface area contributed by atoms with Gasteiger partial charge in [-0.1, -0.05) is 35.9 Å². The highest BCUT2D eigenvalue weighted by atomic mass is 35.5. The Labute approximate surface area is 123 Å². The Morgan fingerprint density at radius 1 is 1.30 bits per heavy atom. The molecule has 2 atom stereocenters. The number of nitrogens with two attached hydrogens (primary N) is 1. The van der Waals surface area contributed by atoms with Gasteiger partial charge in [0.1, 0.15) is 11.5 Å². The van der Waals surface area contributed by atoms with Crippen molar-refractivity contribution in [3.05, 3.63) is 58.6 Å². The summed E-state index contributed by atoms with van der Waals surface area (Å²) in [5, 5.41) is 0.626. The van der Waals surface area contributed by atoms with Gasteiger partial charge in [-0.3, -0.25) is 0 Å². The molecule has 0 amide bonds. The van der Waals surface area contributed by atoms with Crippen molar-refractivity contribution in [1.29, 1.82) is 0 Å². The summed E-state index contributed by atoms with van der Waals surface area (Å²) in [4.78, 5) is 0. The van der Waals surface area contributed by atoms with E-state index in [2.05, 4.69) is 6.07 Å². The van der Waals surface area contributed by atoms with E-state index >= 15 is 0 Å². The van der Waals surface area contributed by atoms with Gasteiger partial charge >= 0.3 is 0 Å². The molecule has 0 spiro atoms. The Morgan fingerprint density at radius 3 is 2.85 bits per heavy atom. The number of para-hydroxylation sites is 1. The third kappa shape index (κ3) is 2.23. The summed E-state index contributed by atoms with van der Waals surface area (Å²) in [6.45, 7) is 0.586. The van der Waals surface area contributed by atoms with Crippen LogP contribution < -0.4 is 15.2 Å². The molecule has 0 bridgehead atoms. The molecule has 2 N–H and O–H groups in total. The normalized spacial score (nSPS) is 18.2. The molecule has 1 aliphatic rings. The Morgan fingerprint density at radius 2 is 2.10 bits per heavy atom. The van der Waals surface area contributed by atoms with Crippen molar-refractivity contribution in [3.63, 3.8) is 0 Å². The zero-order valence-electron chi connectivity index (χ0n) is 11.2. The Bertz CT molecular complexity index is 630. The molecular weight excluding hydrogens is 274 g/mol. The first kappa shape index (κ1) is 13.3. The van der Waals surface area contributed by atoms with Crippen LogP contribution in [-0.2, 0) is 0 Å². The van der Waals surface area contributed by atoms with Gasteiger partial charge in [-0.2, -0.15) is 0 Å². The number of hydrogen-bond acceptors (Lipinski definition) is 3. The first-order valence-electron chi connectivity index (χ1n) is 6.51. The van der Waals surface area contributed by atoms with Crippen LogP contribution in [-0.4, -0.2) is 13.7 Å². The maximum atomic E-state index is 6.40. The molecule has 4 heteroatoms. The maximum Gasteiger partial charge on any atom is 0.122 e. The van der Waals surface area contributed by atoms with Crippen LogP contribution in [0.2, 0.25) is 5.02 Å². The molecule has 0 aromatic heterocycles. The van der Waals surface area contributed by atoms with Crippen LogP contribution in [0.15, 0.2) is 42.5 Å². The zero-order chi connectivity index (χ0) is 14.1. The molecule has 3 rings (SSSR count). The van der Waals surface area contributed by atoms with Crippen molar-refractivity contribution in [3.8, 4) is 11.5 Å². The van der Waals surface area contributed by atoms with Crippen LogP contribution >= 0.6 is 11.6 Å². The number of hydrogen-bond donors (Lipinski definition) is 1. The number of ether oxygens (including phenoxy) is 2. The molecular formula is C16H16ClNO2. The van der Waals surface area contributed by atoms with E-state index in [1.807, 2.05) is 30.3 Å². The van der Waals surface area contributed by atoms with E-state index in [0.29, 0.717) is 11.6 Å². The van der Waals surface area contributed by atoms with Crippen LogP contribution in [0.4, 0.5) is 0 Å². The van der Waals surface area contributed by atoms with Gasteiger partial charge in [0, 0.05) is 22.5 Å². The van der Waals surface area contributed by atoms with E-state index < -0.39 is 0 Å². The van der Waals surface area contributed by atoms with Crippen LogP contribution in [0.3, 0.4) is 0 Å². The molecule has 1 aliphatic heterocycles. The quantitative estimate of drug-likeness (QED) is 0.940. The molecule has 20 heavy (non-hydrogen) atoms. The van der Waals surface area contributed by atoms with Gasteiger partial charge in [-0.05, 0) is 23.8 Å². The molecule has 2 aromatic carbocycles. The predicted octanol–water partition coefficient (Wildman–Crippen LogP) is 3.52. The van der Waals surface area contributed by atoms with Gasteiger partial charge in [-0.15, -0.1) is 0 Å². The smallest absolute Gasteiger partial charge is 0.122 e. The van der Waals surface area contributed by atoms with Crippen molar-refractivity contribution in [2.75, 3.05) is 13.7 Å². The molecule has 0 fully saturated rings. The second-order valence-corrected chi connectivity index (χ2v) is 5.28. The maximum absolute atomic E-state index is 6.40. The average molecular weight is 290 g/mol. The fourth-order valence-electron chi connectivity index (χ4n) is 2.61. The third-order valence-corrected chi connectivity index (χ3v) is 4.06. The van der Waals surface area contributed by atoms with Crippen LogP contribution in [0.5, 0.6) is 11.5 Å². The minimum atomic E-state index is -0.197. The van der Waals surface area contributed by atoms with E-state index in [9.17, 15) is 0 Å². The summed E-state index contributed by atoms with van der Waals surface area (Å²) in [6.07, 6.45) is 0. The SMILES string of the molecule is COc1ccc(C(N)C2COc3ccccc32)c(Cl)c1. The average Bonchev–Trinajstić information content (AvgIpc) is 2.90. The highest BCUT2D eigenvalue weighted by Gasteiger charge is 2.30. The summed E-state index contributed by atoms with van der Waals surface area (Å²) >= 11 is 6.31. The number of fused-ring (bicyclic) bond motifs is 1. The summed E-state index contributed by atoms with van der Waals surface area (Å²) in [6, 6.07) is 13.4. The summed E-state index contributed by atoms with van der Waals surface area (Å²) in [7, 11) is 1.62. The number of rotatable bonds is 3. The summed E-state index contributed by atoms with van der Waals surface area (Å²) in [5.74, 6) is 1.77. The number of methoxy groups -OCH3 is 1. The second kappa shape index (κ2) is 5.35. The van der Waals surface area contributed by atoms with Gasteiger partial charge in [-0.25, -0.2) is 0 Å². The molecule has 0 radical (unpaired) electrons. The molecule has 0 saturated carbocycles. The fourth-order valence-corrected chi connectivity index (χ4v) is 2.90. The molecule has 3 nitrogen and oxygen atoms in total. The van der Waals surface area contributed by atoms with Gasteiger partial charge in [0.15, 0.2) is 0 Å². The van der Waals surface area contributed by atoms with Gasteiger partial charge < -0.3 is 15.2 Å². The number of benzene rings is 2. The number of halogens is 1. The zero-order valence-corrected chi connectivity index (χ0v) is 11.9. The molecule has 0 saturated heterocycles. The van der Waals surface area contributed by atoms with Crippen molar-refractivity contribution in [2.24, 2.45) is 5.73 Å². The Hall–Kier alpha value is -1.71. The van der Waals surface area contributed by atoms with E-state index in [1.165, 1.54) is 0 Å². The first-order valence-corrected chi connectivity index (χ1v) is 6.89. The molecule has 2 unspecified atom stereocenters. The largest absolute Gasteiger partial charge is 0.497 e. The van der Waals surface area contributed by atoms with Crippen molar-refractivity contribution in [1.82, 2.24) is 0 Å². The minimum absolute atomic E-state index is 0.122. The highest BCUT2D eigenvalue weighted by Crippen LogP contribution is 2.41. The van der Waals surface area contributed by atoms with Crippen LogP contribution in [0.1, 0.15) is 23.1 Å². The predicted molar refractivity (Wildman–Crippen MR) is 79.6 cm³/mol. The molecule has 2 aromatic rings. The summed E-state index contributed by atoms with van der Waals surface area (Å²) in [5.41, 5.74) is 8.46. The molecule has 104 valence electrons. The van der Waals surface area contributed by atoms with Crippen molar-refractivity contribution >= 4 is 11.6 Å². The van der Waals surface area contributed by atoms with Gasteiger partial charge in [0.25, 0.3) is 0 Å². The standard InChI is InChI=1S/C16H16ClNO2/c1-19-10-6-7-12(14(17)8-10)16(18)13-9-20-15-5-3-2-4-11(13)15/h2-8,13,16H,9,18H2,1H3. The second-order valence-electron chi connectivity index (χ2n) is 4.87. The summed E-state index contributed by atoms with van der Waals surface area (Å²) < 4.78 is 10.9. The lowest BCUT2D eigenvalue weighted by Crippen LogP contribution is -2.21. The topological polar surface area (TPSA) is 44.5 Å². The lowest BCUT2D eigenvalue weighted by molar-refractivity contribution is 0.315. The van der Waals surface area contributed by atoms with Gasteiger partial charge in [0.2, 0.25) is 0 Å². The Kier molecular flexibility index (Phi) is 3.55. The van der Waals surface area contributed by atoms with Gasteiger partial charge in [0.05, 0.1) is 13.7 Å². The first-order chi connectivity index (χ1) is 9.70. The van der Waals surface area contributed by atoms with Crippen LogP contribution in [0.25, 0.3) is 0 Å².